The molecule has 4 nitrogen and oxygen atoms in total. The van der Waals surface area contributed by atoms with Gasteiger partial charge in [0.2, 0.25) is 0 Å². The third kappa shape index (κ3) is 3.66. The minimum Gasteiger partial charge on any atom is -0.324 e. The molecule has 0 spiro atoms. The number of carbonyl (C=O) groups is 1. The van der Waals surface area contributed by atoms with E-state index in [2.05, 4.69) is 10.2 Å². The van der Waals surface area contributed by atoms with E-state index in [4.69, 9.17) is 0 Å². The highest BCUT2D eigenvalue weighted by molar-refractivity contribution is 5.89. The van der Waals surface area contributed by atoms with Crippen LogP contribution in [0, 0.1) is 17.7 Å². The molecule has 2 aromatic rings. The lowest BCUT2D eigenvalue weighted by molar-refractivity contribution is 0.212. The van der Waals surface area contributed by atoms with Crippen molar-refractivity contribution in [2.24, 2.45) is 11.8 Å². The van der Waals surface area contributed by atoms with Gasteiger partial charge in [-0.1, -0.05) is 30.3 Å². The van der Waals surface area contributed by atoms with Crippen LogP contribution >= 0.6 is 0 Å². The van der Waals surface area contributed by atoms with Gasteiger partial charge in [0.25, 0.3) is 0 Å². The Kier molecular flexibility index (Phi) is 4.40. The van der Waals surface area contributed by atoms with E-state index in [0.29, 0.717) is 11.8 Å². The predicted octanol–water partition coefficient (Wildman–Crippen LogP) is 3.42. The molecular formula is C20H22FN3O. The summed E-state index contributed by atoms with van der Waals surface area (Å²) in [6.45, 7) is 4.31. The van der Waals surface area contributed by atoms with Crippen LogP contribution in [0.5, 0.6) is 0 Å². The summed E-state index contributed by atoms with van der Waals surface area (Å²) in [5, 5.41) is 2.96. The normalized spacial score (nSPS) is 22.8. The summed E-state index contributed by atoms with van der Waals surface area (Å²) in [5.74, 6) is 0.839. The molecule has 2 aliphatic heterocycles. The standard InChI is InChI=1S/C20H22FN3O/c21-18-6-4-5-15(9-18)10-23-11-16-13-24(14-17(16)12-23)20(25)22-19-7-2-1-3-8-19/h1-9,16-17H,10-14H2,(H,22,25). The monoisotopic (exact) mass is 339 g/mol. The topological polar surface area (TPSA) is 35.6 Å². The van der Waals surface area contributed by atoms with Crippen LogP contribution in [0.3, 0.4) is 0 Å². The van der Waals surface area contributed by atoms with Gasteiger partial charge in [-0.3, -0.25) is 4.90 Å². The number of fused-ring (bicyclic) bond motifs is 1. The average Bonchev–Trinajstić information content (AvgIpc) is 3.14. The van der Waals surface area contributed by atoms with E-state index in [1.165, 1.54) is 6.07 Å². The van der Waals surface area contributed by atoms with E-state index in [-0.39, 0.29) is 11.8 Å². The first-order valence-corrected chi connectivity index (χ1v) is 8.75. The van der Waals surface area contributed by atoms with Crippen molar-refractivity contribution in [2.45, 2.75) is 6.54 Å². The van der Waals surface area contributed by atoms with Gasteiger partial charge in [-0.25, -0.2) is 9.18 Å². The molecule has 0 saturated carbocycles. The fourth-order valence-electron chi connectivity index (χ4n) is 4.00. The van der Waals surface area contributed by atoms with E-state index in [1.54, 1.807) is 12.1 Å². The van der Waals surface area contributed by atoms with Gasteiger partial charge in [-0.05, 0) is 41.7 Å². The molecule has 1 N–H and O–H groups in total. The SMILES string of the molecule is O=C(Nc1ccccc1)N1CC2CN(Cc3cccc(F)c3)CC2C1. The number of halogens is 1. The summed E-state index contributed by atoms with van der Waals surface area (Å²) >= 11 is 0. The number of amides is 2. The fraction of sp³-hybridized carbons (Fsp3) is 0.350. The van der Waals surface area contributed by atoms with E-state index in [9.17, 15) is 9.18 Å². The molecule has 0 aromatic heterocycles. The molecule has 2 aromatic carbocycles. The number of benzene rings is 2. The Morgan fingerprint density at radius 2 is 1.72 bits per heavy atom. The number of rotatable bonds is 3. The van der Waals surface area contributed by atoms with Crippen LogP contribution < -0.4 is 5.32 Å². The lowest BCUT2D eigenvalue weighted by atomic mass is 10.0. The quantitative estimate of drug-likeness (QED) is 0.930. The predicted molar refractivity (Wildman–Crippen MR) is 95.7 cm³/mol. The van der Waals surface area contributed by atoms with E-state index in [0.717, 1.165) is 44.0 Å². The Balaban J connectivity index is 1.31. The fourth-order valence-corrected chi connectivity index (χ4v) is 4.00. The van der Waals surface area contributed by atoms with Crippen LogP contribution in [0.2, 0.25) is 0 Å². The first-order valence-electron chi connectivity index (χ1n) is 8.75. The Morgan fingerprint density at radius 1 is 1.00 bits per heavy atom. The minimum absolute atomic E-state index is 0.0164. The molecule has 2 amide bonds. The van der Waals surface area contributed by atoms with E-state index < -0.39 is 0 Å². The summed E-state index contributed by atoms with van der Waals surface area (Å²) in [7, 11) is 0. The molecule has 130 valence electrons. The highest BCUT2D eigenvalue weighted by atomic mass is 19.1. The molecule has 2 fully saturated rings. The minimum atomic E-state index is -0.180. The molecular weight excluding hydrogens is 317 g/mol. The highest BCUT2D eigenvalue weighted by Crippen LogP contribution is 2.32. The molecule has 0 aliphatic carbocycles. The maximum atomic E-state index is 13.3. The summed E-state index contributed by atoms with van der Waals surface area (Å²) < 4.78 is 13.3. The Morgan fingerprint density at radius 3 is 2.40 bits per heavy atom. The lowest BCUT2D eigenvalue weighted by Gasteiger charge is -2.22. The molecule has 5 heteroatoms. The van der Waals surface area contributed by atoms with Gasteiger partial charge in [0, 0.05) is 38.4 Å². The van der Waals surface area contributed by atoms with Crippen LogP contribution in [-0.2, 0) is 6.54 Å². The zero-order valence-electron chi connectivity index (χ0n) is 14.1. The van der Waals surface area contributed by atoms with Crippen molar-refractivity contribution >= 4 is 11.7 Å². The van der Waals surface area contributed by atoms with Crippen molar-refractivity contribution in [1.82, 2.24) is 9.80 Å². The zero-order valence-corrected chi connectivity index (χ0v) is 14.1. The van der Waals surface area contributed by atoms with Gasteiger partial charge in [0.15, 0.2) is 0 Å². The Hall–Kier alpha value is -2.40. The molecule has 0 bridgehead atoms. The third-order valence-electron chi connectivity index (χ3n) is 5.17. The summed E-state index contributed by atoms with van der Waals surface area (Å²) in [5.41, 5.74) is 1.84. The molecule has 2 atom stereocenters. The number of hydrogen-bond donors (Lipinski definition) is 1. The van der Waals surface area contributed by atoms with E-state index in [1.807, 2.05) is 41.3 Å². The zero-order chi connectivity index (χ0) is 17.2. The maximum Gasteiger partial charge on any atom is 0.321 e. The smallest absolute Gasteiger partial charge is 0.321 e. The average molecular weight is 339 g/mol. The number of urea groups is 1. The first kappa shape index (κ1) is 16.1. The van der Waals surface area contributed by atoms with Crippen LogP contribution in [0.4, 0.5) is 14.9 Å². The summed E-state index contributed by atoms with van der Waals surface area (Å²) in [4.78, 5) is 16.7. The van der Waals surface area contributed by atoms with Crippen molar-refractivity contribution in [3.8, 4) is 0 Å². The number of anilines is 1. The van der Waals surface area contributed by atoms with Crippen molar-refractivity contribution in [2.75, 3.05) is 31.5 Å². The molecule has 0 radical (unpaired) electrons. The van der Waals surface area contributed by atoms with Gasteiger partial charge in [0.05, 0.1) is 0 Å². The lowest BCUT2D eigenvalue weighted by Crippen LogP contribution is -2.36. The molecule has 25 heavy (non-hydrogen) atoms. The first-order chi connectivity index (χ1) is 12.2. The molecule has 2 unspecified atom stereocenters. The van der Waals surface area contributed by atoms with Crippen LogP contribution in [-0.4, -0.2) is 42.0 Å². The van der Waals surface area contributed by atoms with E-state index >= 15 is 0 Å². The number of carbonyl (C=O) groups excluding carboxylic acids is 1. The Labute approximate surface area is 147 Å². The second kappa shape index (κ2) is 6.84. The van der Waals surface area contributed by atoms with Crippen molar-refractivity contribution in [1.29, 1.82) is 0 Å². The summed E-state index contributed by atoms with van der Waals surface area (Å²) in [6, 6.07) is 16.4. The highest BCUT2D eigenvalue weighted by Gasteiger charge is 2.41. The van der Waals surface area contributed by atoms with Gasteiger partial charge < -0.3 is 10.2 Å². The van der Waals surface area contributed by atoms with Crippen molar-refractivity contribution in [3.63, 3.8) is 0 Å². The Bertz CT molecular complexity index is 738. The van der Waals surface area contributed by atoms with Gasteiger partial charge >= 0.3 is 6.03 Å². The largest absolute Gasteiger partial charge is 0.324 e. The number of likely N-dealkylation sites (tertiary alicyclic amines) is 2. The number of nitrogens with one attached hydrogen (secondary N) is 1. The third-order valence-corrected chi connectivity index (χ3v) is 5.17. The number of hydrogen-bond acceptors (Lipinski definition) is 2. The van der Waals surface area contributed by atoms with Crippen LogP contribution in [0.15, 0.2) is 54.6 Å². The van der Waals surface area contributed by atoms with Gasteiger partial charge in [0.1, 0.15) is 5.82 Å². The summed E-state index contributed by atoms with van der Waals surface area (Å²) in [6.07, 6.45) is 0. The molecule has 2 saturated heterocycles. The van der Waals surface area contributed by atoms with Gasteiger partial charge in [-0.15, -0.1) is 0 Å². The second-order valence-corrected chi connectivity index (χ2v) is 7.05. The number of para-hydroxylation sites is 1. The molecule has 4 rings (SSSR count). The van der Waals surface area contributed by atoms with Crippen molar-refractivity contribution in [3.05, 3.63) is 66.0 Å². The molecule has 2 heterocycles. The number of nitrogens with zero attached hydrogens (tertiary/aromatic N) is 2. The van der Waals surface area contributed by atoms with Gasteiger partial charge in [-0.2, -0.15) is 0 Å². The van der Waals surface area contributed by atoms with Crippen LogP contribution in [0.1, 0.15) is 5.56 Å². The van der Waals surface area contributed by atoms with Crippen molar-refractivity contribution < 1.29 is 9.18 Å². The second-order valence-electron chi connectivity index (χ2n) is 7.05. The molecule has 2 aliphatic rings. The maximum absolute atomic E-state index is 13.3. The van der Waals surface area contributed by atoms with Crippen LogP contribution in [0.25, 0.3) is 0 Å².